The van der Waals surface area contributed by atoms with Crippen LogP contribution in [0.1, 0.15) is 24.5 Å². The number of hydrogen-bond donors (Lipinski definition) is 2. The maximum atomic E-state index is 11.5. The van der Waals surface area contributed by atoms with Gasteiger partial charge in [0.15, 0.2) is 0 Å². The molecule has 0 aliphatic rings. The molecule has 0 bridgehead atoms. The highest BCUT2D eigenvalue weighted by Crippen LogP contribution is 2.22. The second kappa shape index (κ2) is 6.78. The predicted octanol–water partition coefficient (Wildman–Crippen LogP) is 1.66. The third-order valence-corrected chi connectivity index (χ3v) is 2.73. The van der Waals surface area contributed by atoms with Crippen LogP contribution in [0.5, 0.6) is 5.75 Å². The molecule has 19 heavy (non-hydrogen) atoms. The molecule has 1 aromatic rings. The van der Waals surface area contributed by atoms with Crippen molar-refractivity contribution in [2.45, 2.75) is 33.2 Å². The van der Waals surface area contributed by atoms with Gasteiger partial charge in [-0.2, -0.15) is 0 Å². The van der Waals surface area contributed by atoms with Crippen molar-refractivity contribution in [3.63, 3.8) is 0 Å². The summed E-state index contributed by atoms with van der Waals surface area (Å²) in [7, 11) is 0. The first-order valence-electron chi connectivity index (χ1n) is 6.13. The largest absolute Gasteiger partial charge is 0.493 e. The normalized spacial score (nSPS) is 11.7. The van der Waals surface area contributed by atoms with Crippen molar-refractivity contribution in [2.24, 2.45) is 0 Å². The lowest BCUT2D eigenvalue weighted by Crippen LogP contribution is -2.38. The number of amides is 1. The van der Waals surface area contributed by atoms with E-state index in [2.05, 4.69) is 5.32 Å². The van der Waals surface area contributed by atoms with Crippen LogP contribution in [0.25, 0.3) is 0 Å². The van der Waals surface area contributed by atoms with Crippen molar-refractivity contribution in [2.75, 3.05) is 6.61 Å². The van der Waals surface area contributed by atoms with Crippen molar-refractivity contribution in [1.29, 1.82) is 0 Å². The van der Waals surface area contributed by atoms with E-state index >= 15 is 0 Å². The van der Waals surface area contributed by atoms with Gasteiger partial charge in [0, 0.05) is 0 Å². The summed E-state index contributed by atoms with van der Waals surface area (Å²) in [4.78, 5) is 22.0. The molecule has 0 spiro atoms. The highest BCUT2D eigenvalue weighted by atomic mass is 16.5. The van der Waals surface area contributed by atoms with Gasteiger partial charge in [0.1, 0.15) is 11.8 Å². The minimum absolute atomic E-state index is 0.130. The smallest absolute Gasteiger partial charge is 0.325 e. The Morgan fingerprint density at radius 2 is 1.89 bits per heavy atom. The van der Waals surface area contributed by atoms with E-state index < -0.39 is 12.0 Å². The number of nitrogens with one attached hydrogen (secondary N) is 1. The maximum Gasteiger partial charge on any atom is 0.325 e. The van der Waals surface area contributed by atoms with Crippen LogP contribution in [0.4, 0.5) is 0 Å². The number of carboxylic acid groups (broad SMARTS) is 1. The lowest BCUT2D eigenvalue weighted by atomic mass is 10.1. The zero-order valence-corrected chi connectivity index (χ0v) is 11.4. The molecule has 5 heteroatoms. The molecular formula is C14H19NO4. The first kappa shape index (κ1) is 15.0. The molecule has 5 nitrogen and oxygen atoms in total. The molecular weight excluding hydrogens is 246 g/mol. The second-order valence-electron chi connectivity index (χ2n) is 4.45. The number of carboxylic acids is 1. The average molecular weight is 265 g/mol. The monoisotopic (exact) mass is 265 g/mol. The molecule has 0 aliphatic carbocycles. The zero-order valence-electron chi connectivity index (χ0n) is 11.4. The van der Waals surface area contributed by atoms with Crippen molar-refractivity contribution in [1.82, 2.24) is 5.32 Å². The highest BCUT2D eigenvalue weighted by molar-refractivity contribution is 5.83. The summed E-state index contributed by atoms with van der Waals surface area (Å²) in [6.45, 7) is 5.53. The SMILES string of the molecule is Cc1cccc(C)c1OCCC(=O)NC(C)C(=O)O. The summed E-state index contributed by atoms with van der Waals surface area (Å²) in [6.07, 6.45) is 0.130. The van der Waals surface area contributed by atoms with Crippen LogP contribution in [0.3, 0.4) is 0 Å². The summed E-state index contributed by atoms with van der Waals surface area (Å²) in [5.41, 5.74) is 2.03. The number of ether oxygens (including phenoxy) is 1. The Morgan fingerprint density at radius 3 is 2.42 bits per heavy atom. The molecule has 0 saturated carbocycles. The van der Waals surface area contributed by atoms with Gasteiger partial charge in [0.2, 0.25) is 5.91 Å². The molecule has 1 amide bonds. The van der Waals surface area contributed by atoms with Gasteiger partial charge in [-0.3, -0.25) is 9.59 Å². The van der Waals surface area contributed by atoms with E-state index in [1.807, 2.05) is 32.0 Å². The lowest BCUT2D eigenvalue weighted by molar-refractivity contribution is -0.141. The topological polar surface area (TPSA) is 75.6 Å². The van der Waals surface area contributed by atoms with E-state index in [-0.39, 0.29) is 18.9 Å². The van der Waals surface area contributed by atoms with Crippen molar-refractivity contribution in [3.05, 3.63) is 29.3 Å². The van der Waals surface area contributed by atoms with Crippen LogP contribution in [0.2, 0.25) is 0 Å². The molecule has 104 valence electrons. The van der Waals surface area contributed by atoms with Crippen LogP contribution in [0, 0.1) is 13.8 Å². The fraction of sp³-hybridized carbons (Fsp3) is 0.429. The van der Waals surface area contributed by atoms with Crippen LogP contribution >= 0.6 is 0 Å². The fourth-order valence-corrected chi connectivity index (χ4v) is 1.65. The van der Waals surface area contributed by atoms with Gasteiger partial charge in [-0.15, -0.1) is 0 Å². The van der Waals surface area contributed by atoms with E-state index in [4.69, 9.17) is 9.84 Å². The Labute approximate surface area is 112 Å². The molecule has 1 rings (SSSR count). The summed E-state index contributed by atoms with van der Waals surface area (Å²) < 4.78 is 5.57. The quantitative estimate of drug-likeness (QED) is 0.820. The summed E-state index contributed by atoms with van der Waals surface area (Å²) >= 11 is 0. The Kier molecular flexibility index (Phi) is 5.36. The second-order valence-corrected chi connectivity index (χ2v) is 4.45. The van der Waals surface area contributed by atoms with Crippen LogP contribution in [0.15, 0.2) is 18.2 Å². The van der Waals surface area contributed by atoms with Gasteiger partial charge in [-0.25, -0.2) is 0 Å². The molecule has 0 fully saturated rings. The summed E-state index contributed by atoms with van der Waals surface area (Å²) in [5, 5.41) is 11.0. The number of carbonyl (C=O) groups is 2. The molecule has 1 atom stereocenters. The fourth-order valence-electron chi connectivity index (χ4n) is 1.65. The minimum Gasteiger partial charge on any atom is -0.493 e. The van der Waals surface area contributed by atoms with Crippen LogP contribution in [-0.4, -0.2) is 29.6 Å². The number of hydrogen-bond acceptors (Lipinski definition) is 3. The Balaban J connectivity index is 2.42. The molecule has 0 aromatic heterocycles. The molecule has 0 saturated heterocycles. The molecule has 0 heterocycles. The van der Waals surface area contributed by atoms with Gasteiger partial charge in [0.05, 0.1) is 13.0 Å². The zero-order chi connectivity index (χ0) is 14.4. The first-order valence-corrected chi connectivity index (χ1v) is 6.13. The average Bonchev–Trinajstić information content (AvgIpc) is 2.32. The van der Waals surface area contributed by atoms with E-state index in [0.29, 0.717) is 0 Å². The maximum absolute atomic E-state index is 11.5. The third-order valence-electron chi connectivity index (χ3n) is 2.73. The number of carbonyl (C=O) groups excluding carboxylic acids is 1. The van der Waals surface area contributed by atoms with E-state index in [0.717, 1.165) is 16.9 Å². The molecule has 1 unspecified atom stereocenters. The van der Waals surface area contributed by atoms with E-state index in [9.17, 15) is 9.59 Å². The van der Waals surface area contributed by atoms with Gasteiger partial charge < -0.3 is 15.2 Å². The van der Waals surface area contributed by atoms with E-state index in [1.54, 1.807) is 0 Å². The van der Waals surface area contributed by atoms with Crippen LogP contribution in [-0.2, 0) is 9.59 Å². The van der Waals surface area contributed by atoms with Crippen LogP contribution < -0.4 is 10.1 Å². The van der Waals surface area contributed by atoms with Gasteiger partial charge in [-0.1, -0.05) is 18.2 Å². The number of para-hydroxylation sites is 1. The van der Waals surface area contributed by atoms with Gasteiger partial charge in [0.25, 0.3) is 0 Å². The lowest BCUT2D eigenvalue weighted by Gasteiger charge is -2.12. The molecule has 0 radical (unpaired) electrons. The molecule has 0 aliphatic heterocycles. The summed E-state index contributed by atoms with van der Waals surface area (Å²) in [5.74, 6) is -0.605. The standard InChI is InChI=1S/C14H19NO4/c1-9-5-4-6-10(2)13(9)19-8-7-12(16)15-11(3)14(17)18/h4-6,11H,7-8H2,1-3H3,(H,15,16)(H,17,18). The first-order chi connectivity index (χ1) is 8.91. The molecule has 2 N–H and O–H groups in total. The third kappa shape index (κ3) is 4.62. The Hall–Kier alpha value is -2.04. The number of rotatable bonds is 6. The number of aryl methyl sites for hydroxylation is 2. The minimum atomic E-state index is -1.05. The van der Waals surface area contributed by atoms with Crippen molar-refractivity contribution < 1.29 is 19.4 Å². The summed E-state index contributed by atoms with van der Waals surface area (Å²) in [6, 6.07) is 4.94. The number of benzene rings is 1. The molecule has 1 aromatic carbocycles. The Morgan fingerprint density at radius 1 is 1.32 bits per heavy atom. The van der Waals surface area contributed by atoms with E-state index in [1.165, 1.54) is 6.92 Å². The Bertz CT molecular complexity index is 450. The highest BCUT2D eigenvalue weighted by Gasteiger charge is 2.13. The predicted molar refractivity (Wildman–Crippen MR) is 71.3 cm³/mol. The van der Waals surface area contributed by atoms with Crippen molar-refractivity contribution in [3.8, 4) is 5.75 Å². The van der Waals surface area contributed by atoms with Gasteiger partial charge >= 0.3 is 5.97 Å². The van der Waals surface area contributed by atoms with Gasteiger partial charge in [-0.05, 0) is 31.9 Å². The van der Waals surface area contributed by atoms with Crippen molar-refractivity contribution >= 4 is 11.9 Å². The number of aliphatic carboxylic acids is 1.